The number of hydrogen-bond donors (Lipinski definition) is 0. The van der Waals surface area contributed by atoms with Gasteiger partial charge in [-0.25, -0.2) is 18.6 Å². The number of carbonyl (C=O) groups excluding carboxylic acids is 1. The lowest BCUT2D eigenvalue weighted by molar-refractivity contribution is -0.276. The van der Waals surface area contributed by atoms with Crippen molar-refractivity contribution in [3.8, 4) is 5.88 Å². The van der Waals surface area contributed by atoms with Crippen LogP contribution in [0.2, 0.25) is 0 Å². The molecule has 0 aliphatic heterocycles. The summed E-state index contributed by atoms with van der Waals surface area (Å²) in [6.45, 7) is 0. The predicted molar refractivity (Wildman–Crippen MR) is 59.8 cm³/mol. The van der Waals surface area contributed by atoms with Gasteiger partial charge >= 0.3 is 12.3 Å². The number of rotatable bonds is 4. The minimum atomic E-state index is -5.18. The molecule has 0 radical (unpaired) electrons. The molecule has 1 rings (SSSR count). The highest BCUT2D eigenvalue weighted by Crippen LogP contribution is 2.31. The quantitative estimate of drug-likeness (QED) is 0.466. The van der Waals surface area contributed by atoms with E-state index in [-0.39, 0.29) is 10.9 Å². The van der Waals surface area contributed by atoms with Crippen LogP contribution in [0.3, 0.4) is 0 Å². The lowest BCUT2D eigenvalue weighted by Crippen LogP contribution is -2.21. The van der Waals surface area contributed by atoms with E-state index in [1.165, 1.54) is 0 Å². The fraction of sp³-hybridized carbons (Fsp3) is 0.400. The van der Waals surface area contributed by atoms with Crippen LogP contribution >= 0.6 is 15.9 Å². The van der Waals surface area contributed by atoms with Gasteiger partial charge in [0.05, 0.1) is 7.11 Å². The Labute approximate surface area is 118 Å². The van der Waals surface area contributed by atoms with Crippen molar-refractivity contribution in [3.05, 3.63) is 22.9 Å². The second-order valence-corrected chi connectivity index (χ2v) is 3.92. The number of alkyl halides is 6. The van der Waals surface area contributed by atoms with Gasteiger partial charge in [-0.05, 0) is 11.6 Å². The van der Waals surface area contributed by atoms with Crippen LogP contribution in [0.25, 0.3) is 0 Å². The van der Waals surface area contributed by atoms with E-state index in [2.05, 4.69) is 30.4 Å². The fourth-order valence-corrected chi connectivity index (χ4v) is 1.76. The Bertz CT molecular complexity index is 506. The Morgan fingerprint density at radius 3 is 2.45 bits per heavy atom. The maximum absolute atomic E-state index is 12.6. The first-order valence-corrected chi connectivity index (χ1v) is 6.03. The smallest absolute Gasteiger partial charge is 0.465 e. The molecule has 1 aromatic heterocycles. The molecule has 0 fully saturated rings. The zero-order valence-electron chi connectivity index (χ0n) is 9.80. The van der Waals surface area contributed by atoms with Crippen molar-refractivity contribution >= 4 is 21.9 Å². The molecule has 1 aromatic rings. The third-order valence-corrected chi connectivity index (χ3v) is 2.66. The van der Waals surface area contributed by atoms with Gasteiger partial charge < -0.3 is 9.47 Å². The average Bonchev–Trinajstić information content (AvgIpc) is 2.34. The molecule has 0 atom stereocenters. The van der Waals surface area contributed by atoms with Gasteiger partial charge in [0.2, 0.25) is 5.88 Å². The molecule has 10 heteroatoms. The van der Waals surface area contributed by atoms with E-state index in [4.69, 9.17) is 0 Å². The summed E-state index contributed by atoms with van der Waals surface area (Å²) in [5.41, 5.74) is -1.75. The maximum Gasteiger partial charge on any atom is 0.574 e. The van der Waals surface area contributed by atoms with Crippen LogP contribution in [0, 0.1) is 0 Å². The molecule has 0 aromatic carbocycles. The zero-order chi connectivity index (χ0) is 15.5. The van der Waals surface area contributed by atoms with Crippen LogP contribution in [0.1, 0.15) is 28.0 Å². The minimum absolute atomic E-state index is 0.151. The number of hydrogen-bond acceptors (Lipinski definition) is 4. The molecule has 0 unspecified atom stereocenters. The van der Waals surface area contributed by atoms with Crippen molar-refractivity contribution in [2.24, 2.45) is 0 Å². The topological polar surface area (TPSA) is 48.4 Å². The van der Waals surface area contributed by atoms with Crippen LogP contribution in [-0.2, 0) is 10.1 Å². The van der Waals surface area contributed by atoms with Gasteiger partial charge in [0.25, 0.3) is 6.43 Å². The standard InChI is InChI=1S/C10H7BrF5NO3/c1-19-9(18)6-4(3-11)2-5(7(12)13)17-8(6)20-10(14,15)16/h2,7H,3H2,1H3. The van der Waals surface area contributed by atoms with Gasteiger partial charge in [0.15, 0.2) is 0 Å². The summed E-state index contributed by atoms with van der Waals surface area (Å²) < 4.78 is 69.7. The van der Waals surface area contributed by atoms with Crippen LogP contribution in [0.5, 0.6) is 5.88 Å². The molecule has 0 aliphatic rings. The molecule has 4 nitrogen and oxygen atoms in total. The monoisotopic (exact) mass is 363 g/mol. The highest BCUT2D eigenvalue weighted by Gasteiger charge is 2.35. The number of aromatic nitrogens is 1. The summed E-state index contributed by atoms with van der Waals surface area (Å²) in [6, 6.07) is 0.801. The molecule has 112 valence electrons. The predicted octanol–water partition coefficient (Wildman–Crippen LogP) is 3.60. The molecule has 1 heterocycles. The molecule has 0 bridgehead atoms. The summed E-state index contributed by atoms with van der Waals surface area (Å²) in [4.78, 5) is 14.5. The Hall–Kier alpha value is -1.45. The van der Waals surface area contributed by atoms with Crippen LogP contribution < -0.4 is 4.74 Å². The van der Waals surface area contributed by atoms with Crippen molar-refractivity contribution in [1.29, 1.82) is 0 Å². The summed E-state index contributed by atoms with van der Waals surface area (Å²) in [5, 5.41) is -0.159. The third kappa shape index (κ3) is 4.02. The van der Waals surface area contributed by atoms with E-state index >= 15 is 0 Å². The Morgan fingerprint density at radius 1 is 1.45 bits per heavy atom. The number of esters is 1. The number of pyridine rings is 1. The van der Waals surface area contributed by atoms with Crippen LogP contribution in [0.15, 0.2) is 6.07 Å². The molecule has 20 heavy (non-hydrogen) atoms. The normalized spacial score (nSPS) is 11.6. The van der Waals surface area contributed by atoms with E-state index in [9.17, 15) is 26.7 Å². The Morgan fingerprint density at radius 2 is 2.05 bits per heavy atom. The SMILES string of the molecule is COC(=O)c1c(CBr)cc(C(F)F)nc1OC(F)(F)F. The van der Waals surface area contributed by atoms with Crippen LogP contribution in [-0.4, -0.2) is 24.4 Å². The van der Waals surface area contributed by atoms with Gasteiger partial charge in [-0.15, -0.1) is 13.2 Å². The molecular weight excluding hydrogens is 357 g/mol. The fourth-order valence-electron chi connectivity index (χ4n) is 1.31. The average molecular weight is 364 g/mol. The Balaban J connectivity index is 3.48. The highest BCUT2D eigenvalue weighted by molar-refractivity contribution is 9.08. The van der Waals surface area contributed by atoms with E-state index < -0.39 is 35.9 Å². The summed E-state index contributed by atoms with van der Waals surface area (Å²) in [6.07, 6.45) is -8.30. The van der Waals surface area contributed by atoms with E-state index in [1.54, 1.807) is 0 Å². The maximum atomic E-state index is 12.6. The lowest BCUT2D eigenvalue weighted by Gasteiger charge is -2.15. The summed E-state index contributed by atoms with van der Waals surface area (Å²) in [7, 11) is 0.929. The number of halogens is 6. The lowest BCUT2D eigenvalue weighted by atomic mass is 10.1. The summed E-state index contributed by atoms with van der Waals surface area (Å²) >= 11 is 2.89. The van der Waals surface area contributed by atoms with Crippen molar-refractivity contribution in [1.82, 2.24) is 4.98 Å². The van der Waals surface area contributed by atoms with Gasteiger partial charge in [-0.1, -0.05) is 15.9 Å². The molecule has 0 aliphatic carbocycles. The van der Waals surface area contributed by atoms with Crippen molar-refractivity contribution in [2.75, 3.05) is 7.11 Å². The van der Waals surface area contributed by atoms with E-state index in [1.807, 2.05) is 0 Å². The van der Waals surface area contributed by atoms with Crippen molar-refractivity contribution in [2.45, 2.75) is 18.1 Å². The Kier molecular flexibility index (Phi) is 5.26. The summed E-state index contributed by atoms with van der Waals surface area (Å²) in [5.74, 6) is -2.44. The molecular formula is C10H7BrF5NO3. The first-order chi connectivity index (χ1) is 9.19. The van der Waals surface area contributed by atoms with Crippen molar-refractivity contribution in [3.63, 3.8) is 0 Å². The van der Waals surface area contributed by atoms with E-state index in [0.717, 1.165) is 13.2 Å². The number of nitrogens with zero attached hydrogens (tertiary/aromatic N) is 1. The number of methoxy groups -OCH3 is 1. The molecule has 0 spiro atoms. The number of carbonyl (C=O) groups is 1. The van der Waals surface area contributed by atoms with E-state index in [0.29, 0.717) is 0 Å². The third-order valence-electron chi connectivity index (χ3n) is 2.06. The molecule has 0 saturated carbocycles. The number of ether oxygens (including phenoxy) is 2. The van der Waals surface area contributed by atoms with Gasteiger partial charge in [0.1, 0.15) is 11.3 Å². The van der Waals surface area contributed by atoms with Crippen LogP contribution in [0.4, 0.5) is 22.0 Å². The van der Waals surface area contributed by atoms with Gasteiger partial charge in [-0.3, -0.25) is 0 Å². The second-order valence-electron chi connectivity index (χ2n) is 3.36. The molecule has 0 amide bonds. The first kappa shape index (κ1) is 16.6. The second kappa shape index (κ2) is 6.33. The largest absolute Gasteiger partial charge is 0.574 e. The van der Waals surface area contributed by atoms with Crippen molar-refractivity contribution < 1.29 is 36.2 Å². The molecule has 0 saturated heterocycles. The van der Waals surface area contributed by atoms with Gasteiger partial charge in [0, 0.05) is 5.33 Å². The molecule has 0 N–H and O–H groups in total. The van der Waals surface area contributed by atoms with Gasteiger partial charge in [-0.2, -0.15) is 0 Å². The zero-order valence-corrected chi connectivity index (χ0v) is 11.4. The minimum Gasteiger partial charge on any atom is -0.465 e. The first-order valence-electron chi connectivity index (χ1n) is 4.91. The highest BCUT2D eigenvalue weighted by atomic mass is 79.9.